The zero-order valence-corrected chi connectivity index (χ0v) is 11.3. The molecule has 2 rings (SSSR count). The van der Waals surface area contributed by atoms with E-state index in [1.54, 1.807) is 12.1 Å². The molecule has 1 aromatic carbocycles. The summed E-state index contributed by atoms with van der Waals surface area (Å²) in [7, 11) is 2.05. The van der Waals surface area contributed by atoms with Gasteiger partial charge in [0.15, 0.2) is 0 Å². The topological polar surface area (TPSA) is 46.4 Å². The number of nitro benzene ring substituents is 1. The number of rotatable bonds is 5. The number of alkyl halides is 1. The van der Waals surface area contributed by atoms with Crippen molar-refractivity contribution in [1.29, 1.82) is 0 Å². The van der Waals surface area contributed by atoms with Crippen molar-refractivity contribution in [1.82, 2.24) is 0 Å². The first-order valence-electron chi connectivity index (χ1n) is 5.66. The zero-order valence-electron chi connectivity index (χ0n) is 9.73. The van der Waals surface area contributed by atoms with Crippen LogP contribution in [0.3, 0.4) is 0 Å². The van der Waals surface area contributed by atoms with Crippen molar-refractivity contribution >= 4 is 27.3 Å². The highest BCUT2D eigenvalue weighted by Gasteiger charge is 2.24. The third-order valence-corrected chi connectivity index (χ3v) is 3.66. The molecule has 0 N–H and O–H groups in total. The van der Waals surface area contributed by atoms with Crippen LogP contribution in [0.4, 0.5) is 11.4 Å². The molecular formula is C12H15BrN2O2. The smallest absolute Gasteiger partial charge is 0.269 e. The number of halogens is 1. The van der Waals surface area contributed by atoms with Gasteiger partial charge in [-0.05, 0) is 30.4 Å². The maximum atomic E-state index is 10.7. The van der Waals surface area contributed by atoms with Crippen LogP contribution in [0.25, 0.3) is 0 Å². The van der Waals surface area contributed by atoms with Crippen LogP contribution < -0.4 is 4.90 Å². The van der Waals surface area contributed by atoms with Crippen LogP contribution in [0.1, 0.15) is 18.4 Å². The first-order chi connectivity index (χ1) is 8.11. The Balaban J connectivity index is 2.22. The van der Waals surface area contributed by atoms with Gasteiger partial charge < -0.3 is 4.90 Å². The van der Waals surface area contributed by atoms with Crippen LogP contribution in [0.5, 0.6) is 0 Å². The molecule has 1 aliphatic carbocycles. The molecule has 0 aliphatic heterocycles. The van der Waals surface area contributed by atoms with Gasteiger partial charge in [0.1, 0.15) is 0 Å². The average Bonchev–Trinajstić information content (AvgIpc) is 3.11. The molecule has 1 saturated carbocycles. The maximum absolute atomic E-state index is 10.7. The molecule has 0 spiro atoms. The summed E-state index contributed by atoms with van der Waals surface area (Å²) in [5.74, 6) is 0.804. The molecule has 0 aromatic heterocycles. The third-order valence-electron chi connectivity index (χ3n) is 3.06. The lowest BCUT2D eigenvalue weighted by Gasteiger charge is -2.21. The Kier molecular flexibility index (Phi) is 3.66. The van der Waals surface area contributed by atoms with E-state index in [0.29, 0.717) is 5.33 Å². The minimum absolute atomic E-state index is 0.156. The highest BCUT2D eigenvalue weighted by atomic mass is 79.9. The number of non-ortho nitro benzene ring substituents is 1. The van der Waals surface area contributed by atoms with Crippen molar-refractivity contribution in [3.8, 4) is 0 Å². The zero-order chi connectivity index (χ0) is 12.4. The molecule has 0 amide bonds. The Hall–Kier alpha value is -1.10. The van der Waals surface area contributed by atoms with Gasteiger partial charge in [-0.15, -0.1) is 0 Å². The summed E-state index contributed by atoms with van der Waals surface area (Å²) in [6.45, 7) is 1.04. The standard InChI is InChI=1S/C12H15BrN2O2/c1-14(8-9-2-3-9)12-5-4-11(15(16)17)6-10(12)7-13/h4-6,9H,2-3,7-8H2,1H3. The molecule has 0 saturated heterocycles. The van der Waals surface area contributed by atoms with Gasteiger partial charge >= 0.3 is 0 Å². The molecular weight excluding hydrogens is 284 g/mol. The molecule has 0 radical (unpaired) electrons. The van der Waals surface area contributed by atoms with Crippen molar-refractivity contribution in [3.63, 3.8) is 0 Å². The molecule has 1 aromatic rings. The van der Waals surface area contributed by atoms with Gasteiger partial charge in [0.05, 0.1) is 4.92 Å². The molecule has 17 heavy (non-hydrogen) atoms. The summed E-state index contributed by atoms with van der Waals surface area (Å²) in [4.78, 5) is 12.6. The third kappa shape index (κ3) is 2.97. The second-order valence-corrected chi connectivity index (χ2v) is 5.09. The summed E-state index contributed by atoms with van der Waals surface area (Å²) in [5, 5.41) is 11.4. The van der Waals surface area contributed by atoms with E-state index in [1.165, 1.54) is 12.8 Å². The summed E-state index contributed by atoms with van der Waals surface area (Å²) in [6, 6.07) is 5.06. The summed E-state index contributed by atoms with van der Waals surface area (Å²) >= 11 is 3.39. The number of nitrogens with zero attached hydrogens (tertiary/aromatic N) is 2. The SMILES string of the molecule is CN(CC1CC1)c1ccc([N+](=O)[O-])cc1CBr. The van der Waals surface area contributed by atoms with Crippen LogP contribution >= 0.6 is 15.9 Å². The lowest BCUT2D eigenvalue weighted by Crippen LogP contribution is -2.21. The number of hydrogen-bond donors (Lipinski definition) is 0. The fourth-order valence-electron chi connectivity index (χ4n) is 1.95. The van der Waals surface area contributed by atoms with E-state index in [2.05, 4.69) is 20.8 Å². The average molecular weight is 299 g/mol. The monoisotopic (exact) mass is 298 g/mol. The van der Waals surface area contributed by atoms with Crippen LogP contribution in [-0.2, 0) is 5.33 Å². The Morgan fingerprint density at radius 3 is 2.76 bits per heavy atom. The number of hydrogen-bond acceptors (Lipinski definition) is 3. The summed E-state index contributed by atoms with van der Waals surface area (Å²) in [5.41, 5.74) is 2.21. The van der Waals surface area contributed by atoms with Gasteiger partial charge in [0, 0.05) is 36.7 Å². The summed E-state index contributed by atoms with van der Waals surface area (Å²) in [6.07, 6.45) is 2.61. The van der Waals surface area contributed by atoms with Crippen molar-refractivity contribution in [3.05, 3.63) is 33.9 Å². The van der Waals surface area contributed by atoms with E-state index < -0.39 is 0 Å². The van der Waals surface area contributed by atoms with E-state index in [1.807, 2.05) is 13.1 Å². The molecule has 0 atom stereocenters. The van der Waals surface area contributed by atoms with Gasteiger partial charge in [-0.1, -0.05) is 15.9 Å². The minimum atomic E-state index is -0.350. The van der Waals surface area contributed by atoms with Gasteiger partial charge in [0.25, 0.3) is 5.69 Å². The van der Waals surface area contributed by atoms with Crippen molar-refractivity contribution in [2.24, 2.45) is 5.92 Å². The molecule has 5 heteroatoms. The molecule has 0 bridgehead atoms. The van der Waals surface area contributed by atoms with Gasteiger partial charge in [-0.2, -0.15) is 0 Å². The van der Waals surface area contributed by atoms with E-state index in [4.69, 9.17) is 0 Å². The molecule has 0 unspecified atom stereocenters. The number of nitro groups is 1. The highest BCUT2D eigenvalue weighted by molar-refractivity contribution is 9.08. The van der Waals surface area contributed by atoms with Gasteiger partial charge in [0.2, 0.25) is 0 Å². The Labute approximate surface area is 109 Å². The second-order valence-electron chi connectivity index (χ2n) is 4.53. The number of anilines is 1. The molecule has 92 valence electrons. The van der Waals surface area contributed by atoms with E-state index in [-0.39, 0.29) is 10.6 Å². The lowest BCUT2D eigenvalue weighted by atomic mass is 10.1. The molecule has 0 heterocycles. The lowest BCUT2D eigenvalue weighted by molar-refractivity contribution is -0.384. The van der Waals surface area contributed by atoms with Crippen LogP contribution in [0, 0.1) is 16.0 Å². The molecule has 1 fully saturated rings. The Morgan fingerprint density at radius 2 is 2.24 bits per heavy atom. The van der Waals surface area contributed by atoms with E-state index in [0.717, 1.165) is 23.7 Å². The predicted molar refractivity (Wildman–Crippen MR) is 71.7 cm³/mol. The van der Waals surface area contributed by atoms with Crippen LogP contribution in [0.2, 0.25) is 0 Å². The van der Waals surface area contributed by atoms with Crippen molar-refractivity contribution in [2.75, 3.05) is 18.5 Å². The molecule has 4 nitrogen and oxygen atoms in total. The van der Waals surface area contributed by atoms with Crippen LogP contribution in [0.15, 0.2) is 18.2 Å². The maximum Gasteiger partial charge on any atom is 0.269 e. The highest BCUT2D eigenvalue weighted by Crippen LogP contribution is 2.33. The Morgan fingerprint density at radius 1 is 1.53 bits per heavy atom. The largest absolute Gasteiger partial charge is 0.374 e. The van der Waals surface area contributed by atoms with Crippen molar-refractivity contribution < 1.29 is 4.92 Å². The normalized spacial score (nSPS) is 14.7. The molecule has 1 aliphatic rings. The van der Waals surface area contributed by atoms with Crippen LogP contribution in [-0.4, -0.2) is 18.5 Å². The first-order valence-corrected chi connectivity index (χ1v) is 6.78. The fraction of sp³-hybridized carbons (Fsp3) is 0.500. The Bertz CT molecular complexity index is 433. The predicted octanol–water partition coefficient (Wildman–Crippen LogP) is 3.34. The van der Waals surface area contributed by atoms with Crippen molar-refractivity contribution in [2.45, 2.75) is 18.2 Å². The summed E-state index contributed by atoms with van der Waals surface area (Å²) < 4.78 is 0. The quantitative estimate of drug-likeness (QED) is 0.476. The first kappa shape index (κ1) is 12.4. The van der Waals surface area contributed by atoms with E-state index >= 15 is 0 Å². The number of benzene rings is 1. The van der Waals surface area contributed by atoms with Gasteiger partial charge in [-0.3, -0.25) is 10.1 Å². The van der Waals surface area contributed by atoms with E-state index in [9.17, 15) is 10.1 Å². The minimum Gasteiger partial charge on any atom is -0.374 e. The fourth-order valence-corrected chi connectivity index (χ4v) is 2.40. The second kappa shape index (κ2) is 5.04. The van der Waals surface area contributed by atoms with Gasteiger partial charge in [-0.25, -0.2) is 0 Å².